The number of hydrogen-bond donors (Lipinski definition) is 1. The number of hydrogen-bond acceptors (Lipinski definition) is 4. The quantitative estimate of drug-likeness (QED) is 0.517. The van der Waals surface area contributed by atoms with Crippen LogP contribution in [0.3, 0.4) is 0 Å². The van der Waals surface area contributed by atoms with E-state index in [9.17, 15) is 0 Å². The zero-order valence-electron chi connectivity index (χ0n) is 10.8. The van der Waals surface area contributed by atoms with E-state index < -0.39 is 10.7 Å². The maximum atomic E-state index is 8.36. The van der Waals surface area contributed by atoms with Gasteiger partial charge < -0.3 is 14.5 Å². The highest BCUT2D eigenvalue weighted by Crippen LogP contribution is 2.55. The predicted molar refractivity (Wildman–Crippen MR) is 74.9 cm³/mol. The van der Waals surface area contributed by atoms with Crippen LogP contribution in [0.15, 0.2) is 36.9 Å². The zero-order chi connectivity index (χ0) is 15.6. The third-order valence-corrected chi connectivity index (χ3v) is 3.58. The minimum absolute atomic E-state index is 0.0522. The van der Waals surface area contributed by atoms with E-state index in [2.05, 4.69) is 4.98 Å². The molecule has 0 saturated carbocycles. The Labute approximate surface area is 129 Å². The Balaban J connectivity index is 0.000000361. The van der Waals surface area contributed by atoms with Gasteiger partial charge in [0.1, 0.15) is 5.60 Å². The Morgan fingerprint density at radius 3 is 2.71 bits per heavy atom. The molecule has 0 aliphatic carbocycles. The summed E-state index contributed by atoms with van der Waals surface area (Å²) in [5, 5.41) is 14.9. The summed E-state index contributed by atoms with van der Waals surface area (Å²) in [5.74, 6) is 0. The normalized spacial score (nSPS) is 23.1. The summed E-state index contributed by atoms with van der Waals surface area (Å²) in [6.45, 7) is 2.01. The summed E-state index contributed by atoms with van der Waals surface area (Å²) >= 11 is 12.1. The van der Waals surface area contributed by atoms with Crippen LogP contribution < -0.4 is 0 Å². The molecule has 1 saturated heterocycles. The predicted octanol–water partition coefficient (Wildman–Crippen LogP) is 3.29. The van der Waals surface area contributed by atoms with Gasteiger partial charge in [0.2, 0.25) is 0 Å². The fourth-order valence-electron chi connectivity index (χ4n) is 2.04. The van der Waals surface area contributed by atoms with Crippen molar-refractivity contribution < 1.29 is 15.0 Å². The molecule has 9 heteroatoms. The molecule has 1 aliphatic heterocycles. The SMILES string of the molecule is CC1(c2ccc(Cl)cc2Cl)OC1n1ccnc1.O=[N+]([O-])O. The Kier molecular flexibility index (Phi) is 4.36. The molecule has 1 aromatic heterocycles. The van der Waals surface area contributed by atoms with Crippen molar-refractivity contribution >= 4 is 23.2 Å². The highest BCUT2D eigenvalue weighted by atomic mass is 35.5. The summed E-state index contributed by atoms with van der Waals surface area (Å²) in [6, 6.07) is 5.46. The van der Waals surface area contributed by atoms with E-state index in [1.165, 1.54) is 0 Å². The van der Waals surface area contributed by atoms with E-state index in [-0.39, 0.29) is 6.23 Å². The molecule has 2 atom stereocenters. The van der Waals surface area contributed by atoms with Gasteiger partial charge in [-0.25, -0.2) is 4.98 Å². The topological polar surface area (TPSA) is 93.7 Å². The number of rotatable bonds is 2. The molecule has 2 heterocycles. The van der Waals surface area contributed by atoms with Gasteiger partial charge in [0.05, 0.1) is 6.33 Å². The Morgan fingerprint density at radius 2 is 2.19 bits per heavy atom. The fourth-order valence-corrected chi connectivity index (χ4v) is 2.64. The number of imidazole rings is 1. The summed E-state index contributed by atoms with van der Waals surface area (Å²) in [5.41, 5.74) is 0.546. The monoisotopic (exact) mass is 331 g/mol. The van der Waals surface area contributed by atoms with Crippen molar-refractivity contribution in [1.82, 2.24) is 9.55 Å². The summed E-state index contributed by atoms with van der Waals surface area (Å²) < 4.78 is 7.67. The van der Waals surface area contributed by atoms with Crippen molar-refractivity contribution in [2.75, 3.05) is 0 Å². The lowest BCUT2D eigenvalue weighted by atomic mass is 10.0. The van der Waals surface area contributed by atoms with Gasteiger partial charge in [-0.3, -0.25) is 0 Å². The van der Waals surface area contributed by atoms with Crippen LogP contribution in [0.2, 0.25) is 10.0 Å². The molecule has 7 nitrogen and oxygen atoms in total. The van der Waals surface area contributed by atoms with Crippen LogP contribution in [0.4, 0.5) is 0 Å². The van der Waals surface area contributed by atoms with Crippen molar-refractivity contribution in [2.45, 2.75) is 18.8 Å². The molecule has 2 aromatic rings. The minimum Gasteiger partial charge on any atom is -0.339 e. The molecule has 21 heavy (non-hydrogen) atoms. The molecule has 112 valence electrons. The Hall–Kier alpha value is -1.83. The maximum Gasteiger partial charge on any atom is 0.291 e. The molecule has 0 spiro atoms. The van der Waals surface area contributed by atoms with E-state index in [4.69, 9.17) is 43.3 Å². The van der Waals surface area contributed by atoms with Crippen LogP contribution in [0, 0.1) is 10.1 Å². The lowest BCUT2D eigenvalue weighted by molar-refractivity contribution is -0.742. The number of ether oxygens (including phenoxy) is 1. The van der Waals surface area contributed by atoms with Crippen molar-refractivity contribution in [3.8, 4) is 0 Å². The van der Waals surface area contributed by atoms with E-state index in [1.54, 1.807) is 18.6 Å². The van der Waals surface area contributed by atoms with E-state index in [1.807, 2.05) is 29.8 Å². The zero-order valence-corrected chi connectivity index (χ0v) is 12.3. The highest BCUT2D eigenvalue weighted by Gasteiger charge is 2.56. The molecule has 2 unspecified atom stereocenters. The standard InChI is InChI=1S/C12H10Cl2N2O.HNO3/c1-12(9-3-2-8(13)6-10(9)14)11(17-12)16-5-4-15-7-16;2-1(3)4/h2-7,11H,1H3;(H,2,3,4). The second-order valence-electron chi connectivity index (χ2n) is 4.45. The van der Waals surface area contributed by atoms with Gasteiger partial charge in [-0.15, -0.1) is 10.1 Å². The second-order valence-corrected chi connectivity index (χ2v) is 5.29. The maximum absolute atomic E-state index is 8.36. The molecule has 0 radical (unpaired) electrons. The molecular formula is C12H11Cl2N3O4. The largest absolute Gasteiger partial charge is 0.339 e. The molecule has 1 N–H and O–H groups in total. The lowest BCUT2D eigenvalue weighted by Crippen LogP contribution is -2.08. The van der Waals surface area contributed by atoms with Gasteiger partial charge in [-0.05, 0) is 19.1 Å². The molecule has 1 fully saturated rings. The summed E-state index contributed by atoms with van der Waals surface area (Å²) in [6.07, 6.45) is 5.29. The third kappa shape index (κ3) is 3.44. The van der Waals surface area contributed by atoms with Crippen molar-refractivity contribution in [3.63, 3.8) is 0 Å². The van der Waals surface area contributed by atoms with Crippen LogP contribution in [-0.2, 0) is 10.3 Å². The van der Waals surface area contributed by atoms with Gasteiger partial charge >= 0.3 is 0 Å². The number of epoxide rings is 1. The first kappa shape index (κ1) is 15.6. The summed E-state index contributed by atoms with van der Waals surface area (Å²) in [4.78, 5) is 12.4. The highest BCUT2D eigenvalue weighted by molar-refractivity contribution is 6.35. The molecule has 1 aromatic carbocycles. The van der Waals surface area contributed by atoms with Gasteiger partial charge in [0, 0.05) is 28.0 Å². The fraction of sp³-hybridized carbons (Fsp3) is 0.250. The number of aromatic nitrogens is 2. The Morgan fingerprint density at radius 1 is 1.52 bits per heavy atom. The van der Waals surface area contributed by atoms with Crippen LogP contribution in [0.25, 0.3) is 0 Å². The van der Waals surface area contributed by atoms with Crippen LogP contribution in [0.1, 0.15) is 18.7 Å². The van der Waals surface area contributed by atoms with Crippen molar-refractivity contribution in [3.05, 3.63) is 62.6 Å². The van der Waals surface area contributed by atoms with Gasteiger partial charge in [0.15, 0.2) is 6.23 Å². The van der Waals surface area contributed by atoms with Crippen molar-refractivity contribution in [1.29, 1.82) is 0 Å². The van der Waals surface area contributed by atoms with Crippen molar-refractivity contribution in [2.24, 2.45) is 0 Å². The smallest absolute Gasteiger partial charge is 0.291 e. The first-order valence-electron chi connectivity index (χ1n) is 5.78. The molecule has 1 aliphatic rings. The summed E-state index contributed by atoms with van der Waals surface area (Å²) in [7, 11) is 0. The first-order valence-corrected chi connectivity index (χ1v) is 6.54. The first-order chi connectivity index (χ1) is 9.84. The van der Waals surface area contributed by atoms with Crippen LogP contribution >= 0.6 is 23.2 Å². The van der Waals surface area contributed by atoms with Gasteiger partial charge in [-0.1, -0.05) is 29.3 Å². The molecule has 0 amide bonds. The minimum atomic E-state index is -1.50. The van der Waals surface area contributed by atoms with Gasteiger partial charge in [0.25, 0.3) is 5.09 Å². The van der Waals surface area contributed by atoms with E-state index in [0.29, 0.717) is 10.0 Å². The average Bonchev–Trinajstić information content (AvgIpc) is 2.84. The molecule has 3 rings (SSSR count). The average molecular weight is 332 g/mol. The van der Waals surface area contributed by atoms with Crippen LogP contribution in [0.5, 0.6) is 0 Å². The third-order valence-electron chi connectivity index (χ3n) is 3.03. The van der Waals surface area contributed by atoms with Crippen LogP contribution in [-0.4, -0.2) is 19.8 Å². The number of benzene rings is 1. The number of nitrogens with zero attached hydrogens (tertiary/aromatic N) is 3. The Bertz CT molecular complexity index is 646. The lowest BCUT2D eigenvalue weighted by Gasteiger charge is -2.09. The second kappa shape index (κ2) is 5.88. The molecular weight excluding hydrogens is 321 g/mol. The number of halogens is 2. The van der Waals surface area contributed by atoms with E-state index >= 15 is 0 Å². The van der Waals surface area contributed by atoms with Gasteiger partial charge in [-0.2, -0.15) is 0 Å². The van der Waals surface area contributed by atoms with E-state index in [0.717, 1.165) is 5.56 Å². The molecule has 0 bridgehead atoms.